The minimum absolute atomic E-state index is 0.0638. The lowest BCUT2D eigenvalue weighted by atomic mass is 10.2. The molecule has 1 aliphatic rings. The van der Waals surface area contributed by atoms with Gasteiger partial charge in [-0.3, -0.25) is 4.57 Å². The highest BCUT2D eigenvalue weighted by atomic mass is 31.2. The number of hydrogen-bond donors (Lipinski definition) is 0. The maximum Gasteiger partial charge on any atom is 0.334 e. The lowest BCUT2D eigenvalue weighted by Gasteiger charge is -2.47. The molecule has 0 amide bonds. The van der Waals surface area contributed by atoms with E-state index in [4.69, 9.17) is 9.05 Å². The van der Waals surface area contributed by atoms with Gasteiger partial charge in [0, 0.05) is 0 Å². The van der Waals surface area contributed by atoms with Gasteiger partial charge >= 0.3 is 7.60 Å². The van der Waals surface area contributed by atoms with Gasteiger partial charge in [-0.2, -0.15) is 0 Å². The van der Waals surface area contributed by atoms with Crippen LogP contribution in [0, 0.1) is 0 Å². The van der Waals surface area contributed by atoms with Gasteiger partial charge in [0.05, 0.1) is 25.1 Å². The van der Waals surface area contributed by atoms with Crippen molar-refractivity contribution in [1.29, 1.82) is 0 Å². The smallest absolute Gasteiger partial charge is 0.306 e. The van der Waals surface area contributed by atoms with Gasteiger partial charge < -0.3 is 9.05 Å². The third kappa shape index (κ3) is 4.43. The van der Waals surface area contributed by atoms with Crippen LogP contribution in [-0.4, -0.2) is 25.1 Å². The molecular formula is C16H35O3PSi. The van der Waals surface area contributed by atoms with Gasteiger partial charge in [-0.25, -0.2) is 0 Å². The molecule has 0 heterocycles. The zero-order chi connectivity index (χ0) is 16.3. The van der Waals surface area contributed by atoms with Crippen molar-refractivity contribution in [3.8, 4) is 0 Å². The molecule has 0 radical (unpaired) electrons. The molecule has 0 atom stereocenters. The highest BCUT2D eigenvalue weighted by Gasteiger charge is 2.58. The molecule has 0 bridgehead atoms. The summed E-state index contributed by atoms with van der Waals surface area (Å²) < 4.78 is 25.8. The summed E-state index contributed by atoms with van der Waals surface area (Å²) in [7, 11) is -4.85. The molecule has 3 nitrogen and oxygen atoms in total. The van der Waals surface area contributed by atoms with Crippen LogP contribution in [0.4, 0.5) is 0 Å². The van der Waals surface area contributed by atoms with Gasteiger partial charge in [-0.05, 0) is 40.5 Å². The zero-order valence-electron chi connectivity index (χ0n) is 15.1. The molecule has 0 unspecified atom stereocenters. The molecule has 0 aromatic heterocycles. The van der Waals surface area contributed by atoms with Crippen molar-refractivity contribution in [3.05, 3.63) is 0 Å². The summed E-state index contributed by atoms with van der Waals surface area (Å²) in [6, 6.07) is 0. The molecule has 0 aliphatic heterocycles. The van der Waals surface area contributed by atoms with Gasteiger partial charge in [0.15, 0.2) is 0 Å². The first-order valence-corrected chi connectivity index (χ1v) is 13.6. The van der Waals surface area contributed by atoms with Crippen LogP contribution >= 0.6 is 7.60 Å². The van der Waals surface area contributed by atoms with Crippen molar-refractivity contribution in [2.24, 2.45) is 0 Å². The quantitative estimate of drug-likeness (QED) is 0.339. The van der Waals surface area contributed by atoms with E-state index in [9.17, 15) is 4.57 Å². The van der Waals surface area contributed by atoms with Crippen LogP contribution in [0.2, 0.25) is 19.6 Å². The van der Waals surface area contributed by atoms with Crippen LogP contribution in [0.25, 0.3) is 0 Å². The van der Waals surface area contributed by atoms with E-state index in [1.54, 1.807) is 0 Å². The predicted octanol–water partition coefficient (Wildman–Crippen LogP) is 6.00. The Hall–Kier alpha value is 0.367. The van der Waals surface area contributed by atoms with Crippen molar-refractivity contribution in [3.63, 3.8) is 0 Å². The van der Waals surface area contributed by atoms with E-state index in [0.29, 0.717) is 0 Å². The summed E-state index contributed by atoms with van der Waals surface area (Å²) >= 11 is 0. The fourth-order valence-corrected chi connectivity index (χ4v) is 11.4. The molecule has 21 heavy (non-hydrogen) atoms. The molecule has 0 saturated heterocycles. The maximum absolute atomic E-state index is 13.9. The van der Waals surface area contributed by atoms with Crippen molar-refractivity contribution in [1.82, 2.24) is 0 Å². The van der Waals surface area contributed by atoms with Crippen LogP contribution in [0.3, 0.4) is 0 Å². The van der Waals surface area contributed by atoms with E-state index in [0.717, 1.165) is 25.7 Å². The first-order valence-electron chi connectivity index (χ1n) is 8.51. The zero-order valence-corrected chi connectivity index (χ0v) is 17.0. The molecule has 1 rings (SSSR count). The average Bonchev–Trinajstić information content (AvgIpc) is 2.51. The summed E-state index contributed by atoms with van der Waals surface area (Å²) in [5.74, 6) is 0. The summed E-state index contributed by atoms with van der Waals surface area (Å²) in [5, 5.41) is 0. The van der Waals surface area contributed by atoms with Crippen LogP contribution in [-0.2, 0) is 13.6 Å². The second-order valence-electron chi connectivity index (χ2n) is 8.00. The Morgan fingerprint density at radius 3 is 1.52 bits per heavy atom. The van der Waals surface area contributed by atoms with E-state index in [1.165, 1.54) is 12.8 Å². The predicted molar refractivity (Wildman–Crippen MR) is 93.8 cm³/mol. The maximum atomic E-state index is 13.9. The number of rotatable bonds is 6. The van der Waals surface area contributed by atoms with E-state index >= 15 is 0 Å². The van der Waals surface area contributed by atoms with Crippen LogP contribution in [0.1, 0.15) is 66.2 Å². The molecule has 5 heteroatoms. The van der Waals surface area contributed by atoms with Crippen LogP contribution in [0.15, 0.2) is 0 Å². The van der Waals surface area contributed by atoms with E-state index in [-0.39, 0.29) is 17.0 Å². The van der Waals surface area contributed by atoms with Gasteiger partial charge in [-0.1, -0.05) is 45.3 Å². The highest BCUT2D eigenvalue weighted by molar-refractivity contribution is 7.59. The molecule has 0 aromatic carbocycles. The molecule has 0 spiro atoms. The topological polar surface area (TPSA) is 35.5 Å². The van der Waals surface area contributed by atoms with Crippen molar-refractivity contribution in [2.75, 3.05) is 0 Å². The minimum Gasteiger partial charge on any atom is -0.306 e. The Bertz CT molecular complexity index is 352. The number of hydrogen-bond acceptors (Lipinski definition) is 3. The molecule has 1 fully saturated rings. The summed E-state index contributed by atoms with van der Waals surface area (Å²) in [4.78, 5) is 0. The van der Waals surface area contributed by atoms with Crippen molar-refractivity contribution >= 4 is 15.7 Å². The third-order valence-corrected chi connectivity index (χ3v) is 13.6. The Morgan fingerprint density at radius 1 is 0.857 bits per heavy atom. The standard InChI is InChI=1S/C16H35O3PSi/c1-14(2)18-20(17,19-15(3)4)16(21(5,6)7)12-10-8-9-11-13-16/h14-15H,8-13H2,1-7H3. The van der Waals surface area contributed by atoms with Gasteiger partial charge in [0.1, 0.15) is 0 Å². The Balaban J connectivity index is 3.32. The van der Waals surface area contributed by atoms with E-state index in [1.807, 2.05) is 27.7 Å². The first-order chi connectivity index (χ1) is 9.54. The second kappa shape index (κ2) is 7.29. The van der Waals surface area contributed by atoms with Crippen molar-refractivity contribution < 1.29 is 13.6 Å². The summed E-state index contributed by atoms with van der Waals surface area (Å²) in [6.45, 7) is 14.8. The van der Waals surface area contributed by atoms with Gasteiger partial charge in [0.25, 0.3) is 0 Å². The third-order valence-electron chi connectivity index (χ3n) is 4.55. The fourth-order valence-electron chi connectivity index (χ4n) is 3.53. The average molecular weight is 335 g/mol. The lowest BCUT2D eigenvalue weighted by molar-refractivity contribution is 0.130. The molecule has 0 N–H and O–H groups in total. The van der Waals surface area contributed by atoms with E-state index in [2.05, 4.69) is 19.6 Å². The Labute approximate surface area is 132 Å². The molecular weight excluding hydrogens is 299 g/mol. The Morgan fingerprint density at radius 2 is 1.24 bits per heavy atom. The molecule has 1 aliphatic carbocycles. The van der Waals surface area contributed by atoms with Crippen LogP contribution in [0.5, 0.6) is 0 Å². The van der Waals surface area contributed by atoms with Gasteiger partial charge in [-0.15, -0.1) is 0 Å². The molecule has 0 aromatic rings. The largest absolute Gasteiger partial charge is 0.334 e. The first kappa shape index (κ1) is 19.4. The van der Waals surface area contributed by atoms with E-state index < -0.39 is 15.7 Å². The molecule has 126 valence electrons. The minimum atomic E-state index is -3.13. The normalized spacial score (nSPS) is 20.8. The van der Waals surface area contributed by atoms with Gasteiger partial charge in [0.2, 0.25) is 0 Å². The highest BCUT2D eigenvalue weighted by Crippen LogP contribution is 2.68. The van der Waals surface area contributed by atoms with Crippen LogP contribution < -0.4 is 0 Å². The fraction of sp³-hybridized carbons (Fsp3) is 1.00. The SMILES string of the molecule is CC(C)OP(=O)(OC(C)C)C1([Si](C)(C)C)CCCCCC1. The summed E-state index contributed by atoms with van der Waals surface area (Å²) in [5.41, 5.74) is 0. The second-order valence-corrected chi connectivity index (χ2v) is 16.2. The molecule has 1 saturated carbocycles. The summed E-state index contributed by atoms with van der Waals surface area (Å²) in [6.07, 6.45) is 6.66. The monoisotopic (exact) mass is 334 g/mol. The lowest BCUT2D eigenvalue weighted by Crippen LogP contribution is -2.52. The Kier molecular flexibility index (Phi) is 6.74. The van der Waals surface area contributed by atoms with Crippen molar-refractivity contribution in [2.45, 2.75) is 103 Å².